The Morgan fingerprint density at radius 2 is 2.05 bits per heavy atom. The van der Waals surface area contributed by atoms with Crippen LogP contribution in [-0.4, -0.2) is 43.2 Å². The highest BCUT2D eigenvalue weighted by atomic mass is 16.5. The van der Waals surface area contributed by atoms with Gasteiger partial charge in [-0.2, -0.15) is 0 Å². The Bertz CT molecular complexity index is 461. The Labute approximate surface area is 120 Å². The van der Waals surface area contributed by atoms with Crippen LogP contribution >= 0.6 is 0 Å². The van der Waals surface area contributed by atoms with Crippen LogP contribution in [0.5, 0.6) is 5.75 Å². The topological polar surface area (TPSA) is 51.7 Å². The van der Waals surface area contributed by atoms with E-state index in [1.165, 1.54) is 7.11 Å². The van der Waals surface area contributed by atoms with Crippen molar-refractivity contribution in [2.45, 2.75) is 33.7 Å². The van der Waals surface area contributed by atoms with E-state index in [1.54, 1.807) is 7.11 Å². The lowest BCUT2D eigenvalue weighted by Crippen LogP contribution is -2.27. The fourth-order valence-electron chi connectivity index (χ4n) is 2.14. The van der Waals surface area contributed by atoms with Crippen molar-refractivity contribution in [1.29, 1.82) is 0 Å². The molecule has 0 amide bonds. The molecule has 0 aliphatic rings. The Kier molecular flexibility index (Phi) is 6.45. The van der Waals surface area contributed by atoms with Crippen molar-refractivity contribution in [2.75, 3.05) is 27.3 Å². The molecule has 20 heavy (non-hydrogen) atoms. The summed E-state index contributed by atoms with van der Waals surface area (Å²) in [5.41, 5.74) is 3.08. The lowest BCUT2D eigenvalue weighted by molar-refractivity contribution is -0.141. The summed E-state index contributed by atoms with van der Waals surface area (Å²) in [7, 11) is 3.09. The van der Waals surface area contributed by atoms with Crippen molar-refractivity contribution < 1.29 is 14.3 Å². The quantitative estimate of drug-likeness (QED) is 0.716. The maximum atomic E-state index is 11.2. The third-order valence-corrected chi connectivity index (χ3v) is 3.43. The fraction of sp³-hybridized carbons (Fsp3) is 0.600. The molecule has 0 aliphatic heterocycles. The summed E-state index contributed by atoms with van der Waals surface area (Å²) in [6.07, 6.45) is 2.22. The first-order valence-corrected chi connectivity index (χ1v) is 6.81. The van der Waals surface area contributed by atoms with Gasteiger partial charge in [-0.25, -0.2) is 0 Å². The molecule has 0 bridgehead atoms. The van der Waals surface area contributed by atoms with E-state index in [0.717, 1.165) is 29.1 Å². The zero-order valence-electron chi connectivity index (χ0n) is 13.0. The summed E-state index contributed by atoms with van der Waals surface area (Å²) in [4.78, 5) is 17.9. The van der Waals surface area contributed by atoms with Gasteiger partial charge in [0.1, 0.15) is 5.75 Å². The molecule has 0 atom stereocenters. The summed E-state index contributed by atoms with van der Waals surface area (Å²) in [6.45, 7) is 8.29. The fourth-order valence-corrected chi connectivity index (χ4v) is 2.14. The second kappa shape index (κ2) is 7.85. The number of carbonyl (C=O) groups excluding carboxylic acids is 1. The molecule has 1 aromatic heterocycles. The summed E-state index contributed by atoms with van der Waals surface area (Å²) in [5.74, 6) is 0.702. The highest BCUT2D eigenvalue weighted by Gasteiger charge is 2.13. The van der Waals surface area contributed by atoms with E-state index in [1.807, 2.05) is 20.0 Å². The van der Waals surface area contributed by atoms with E-state index in [-0.39, 0.29) is 5.97 Å². The maximum Gasteiger partial charge on any atom is 0.306 e. The van der Waals surface area contributed by atoms with Crippen LogP contribution in [0.15, 0.2) is 6.20 Å². The van der Waals surface area contributed by atoms with Gasteiger partial charge in [-0.1, -0.05) is 6.92 Å². The van der Waals surface area contributed by atoms with Gasteiger partial charge in [-0.05, 0) is 20.4 Å². The van der Waals surface area contributed by atoms with Gasteiger partial charge < -0.3 is 9.47 Å². The maximum absolute atomic E-state index is 11.2. The van der Waals surface area contributed by atoms with Gasteiger partial charge in [0, 0.05) is 30.4 Å². The van der Waals surface area contributed by atoms with E-state index in [4.69, 9.17) is 4.74 Å². The van der Waals surface area contributed by atoms with Crippen LogP contribution in [0.25, 0.3) is 0 Å². The van der Waals surface area contributed by atoms with Crippen LogP contribution in [0.3, 0.4) is 0 Å². The predicted molar refractivity (Wildman–Crippen MR) is 77.8 cm³/mol. The number of methoxy groups -OCH3 is 2. The van der Waals surface area contributed by atoms with Gasteiger partial charge in [-0.3, -0.25) is 14.7 Å². The third-order valence-electron chi connectivity index (χ3n) is 3.43. The van der Waals surface area contributed by atoms with Crippen LogP contribution in [0.2, 0.25) is 0 Å². The second-order valence-corrected chi connectivity index (χ2v) is 4.74. The first-order valence-electron chi connectivity index (χ1n) is 6.81. The van der Waals surface area contributed by atoms with Gasteiger partial charge in [0.25, 0.3) is 0 Å². The van der Waals surface area contributed by atoms with E-state index >= 15 is 0 Å². The number of nitrogens with zero attached hydrogens (tertiary/aromatic N) is 2. The second-order valence-electron chi connectivity index (χ2n) is 4.74. The monoisotopic (exact) mass is 280 g/mol. The molecule has 5 heteroatoms. The van der Waals surface area contributed by atoms with Crippen molar-refractivity contribution in [3.8, 4) is 5.75 Å². The number of hydrogen-bond acceptors (Lipinski definition) is 5. The molecule has 0 aliphatic carbocycles. The van der Waals surface area contributed by atoms with Crippen molar-refractivity contribution in [1.82, 2.24) is 9.88 Å². The van der Waals surface area contributed by atoms with Gasteiger partial charge in [0.2, 0.25) is 0 Å². The smallest absolute Gasteiger partial charge is 0.306 e. The lowest BCUT2D eigenvalue weighted by atomic mass is 10.1. The van der Waals surface area contributed by atoms with E-state index in [9.17, 15) is 4.79 Å². The first-order chi connectivity index (χ1) is 9.53. The molecule has 0 aromatic carbocycles. The molecule has 0 unspecified atom stereocenters. The minimum atomic E-state index is -0.186. The number of aromatic nitrogens is 1. The highest BCUT2D eigenvalue weighted by Crippen LogP contribution is 2.24. The number of carbonyl (C=O) groups is 1. The number of aryl methyl sites for hydroxylation is 1. The van der Waals surface area contributed by atoms with E-state index in [2.05, 4.69) is 21.5 Å². The van der Waals surface area contributed by atoms with Crippen molar-refractivity contribution in [3.05, 3.63) is 23.0 Å². The molecule has 5 nitrogen and oxygen atoms in total. The molecule has 0 saturated heterocycles. The largest absolute Gasteiger partial charge is 0.496 e. The van der Waals surface area contributed by atoms with Gasteiger partial charge in [0.15, 0.2) is 0 Å². The lowest BCUT2D eigenvalue weighted by Gasteiger charge is -2.21. The molecule has 0 radical (unpaired) electrons. The number of pyridine rings is 1. The summed E-state index contributed by atoms with van der Waals surface area (Å²) in [6, 6.07) is 0. The van der Waals surface area contributed by atoms with Crippen LogP contribution in [-0.2, 0) is 16.1 Å². The van der Waals surface area contributed by atoms with Crippen LogP contribution < -0.4 is 4.74 Å². The SMILES string of the molecule is CCN(CCC(=O)OC)Cc1ncc(C)c(OC)c1C. The Morgan fingerprint density at radius 3 is 2.60 bits per heavy atom. The van der Waals surface area contributed by atoms with E-state index in [0.29, 0.717) is 19.5 Å². The van der Waals surface area contributed by atoms with Gasteiger partial charge in [-0.15, -0.1) is 0 Å². The number of rotatable bonds is 7. The molecule has 1 aromatic rings. The van der Waals surface area contributed by atoms with Gasteiger partial charge >= 0.3 is 5.97 Å². The summed E-state index contributed by atoms with van der Waals surface area (Å²) >= 11 is 0. The standard InChI is InChI=1S/C15H24N2O3/c1-6-17(8-7-14(18)19-4)10-13-12(3)15(20-5)11(2)9-16-13/h9H,6-8,10H2,1-5H3. The molecule has 0 spiro atoms. The minimum absolute atomic E-state index is 0.186. The molecule has 0 fully saturated rings. The molecular weight excluding hydrogens is 256 g/mol. The Morgan fingerprint density at radius 1 is 1.35 bits per heavy atom. The Balaban J connectivity index is 2.77. The molecule has 1 rings (SSSR count). The first kappa shape index (κ1) is 16.4. The molecule has 1 heterocycles. The van der Waals surface area contributed by atoms with Gasteiger partial charge in [0.05, 0.1) is 26.3 Å². The van der Waals surface area contributed by atoms with Crippen LogP contribution in [0.1, 0.15) is 30.2 Å². The number of ether oxygens (including phenoxy) is 2. The predicted octanol–water partition coefficient (Wildman–Crippen LogP) is 2.09. The summed E-state index contributed by atoms with van der Waals surface area (Å²) in [5, 5.41) is 0. The molecule has 0 N–H and O–H groups in total. The third kappa shape index (κ3) is 4.20. The van der Waals surface area contributed by atoms with Crippen LogP contribution in [0.4, 0.5) is 0 Å². The highest BCUT2D eigenvalue weighted by molar-refractivity contribution is 5.69. The zero-order valence-corrected chi connectivity index (χ0v) is 13.0. The zero-order chi connectivity index (χ0) is 15.1. The average molecular weight is 280 g/mol. The summed E-state index contributed by atoms with van der Waals surface area (Å²) < 4.78 is 10.1. The van der Waals surface area contributed by atoms with E-state index < -0.39 is 0 Å². The molecule has 0 saturated carbocycles. The normalized spacial score (nSPS) is 10.7. The Hall–Kier alpha value is -1.62. The van der Waals surface area contributed by atoms with Crippen molar-refractivity contribution in [3.63, 3.8) is 0 Å². The number of esters is 1. The van der Waals surface area contributed by atoms with Crippen molar-refractivity contribution in [2.24, 2.45) is 0 Å². The average Bonchev–Trinajstić information content (AvgIpc) is 2.45. The number of hydrogen-bond donors (Lipinski definition) is 0. The molecular formula is C15H24N2O3. The minimum Gasteiger partial charge on any atom is -0.496 e. The molecule has 112 valence electrons. The van der Waals surface area contributed by atoms with Crippen molar-refractivity contribution >= 4 is 5.97 Å². The van der Waals surface area contributed by atoms with Crippen LogP contribution in [0, 0.1) is 13.8 Å².